The van der Waals surface area contributed by atoms with Crippen LogP contribution in [0.5, 0.6) is 0 Å². The molecule has 0 radical (unpaired) electrons. The molecule has 1 rings (SSSR count). The first-order chi connectivity index (χ1) is 7.17. The first kappa shape index (κ1) is 12.5. The predicted molar refractivity (Wildman–Crippen MR) is 62.8 cm³/mol. The summed E-state index contributed by atoms with van der Waals surface area (Å²) in [6, 6.07) is 1.07. The van der Waals surface area contributed by atoms with Crippen LogP contribution in [-0.4, -0.2) is 36.0 Å². The van der Waals surface area contributed by atoms with Crippen LogP contribution in [0.25, 0.3) is 0 Å². The van der Waals surface area contributed by atoms with Gasteiger partial charge < -0.3 is 10.2 Å². The molecule has 0 spiro atoms. The van der Waals surface area contributed by atoms with E-state index in [0.717, 1.165) is 25.9 Å². The number of carbonyl (C=O) groups is 1. The van der Waals surface area contributed by atoms with Crippen LogP contribution in [0.4, 0.5) is 0 Å². The molecule has 15 heavy (non-hydrogen) atoms. The topological polar surface area (TPSA) is 32.3 Å². The van der Waals surface area contributed by atoms with Crippen LogP contribution >= 0.6 is 0 Å². The summed E-state index contributed by atoms with van der Waals surface area (Å²) in [5, 5.41) is 3.58. The van der Waals surface area contributed by atoms with Crippen LogP contribution in [0.3, 0.4) is 0 Å². The molecular weight excluding hydrogens is 188 g/mol. The number of nitrogens with zero attached hydrogens (tertiary/aromatic N) is 1. The normalized spacial score (nSPS) is 23.9. The van der Waals surface area contributed by atoms with Crippen LogP contribution in [0.2, 0.25) is 0 Å². The smallest absolute Gasteiger partial charge is 0.222 e. The lowest BCUT2D eigenvalue weighted by Gasteiger charge is -2.34. The summed E-state index contributed by atoms with van der Waals surface area (Å²) in [6.45, 7) is 8.19. The molecule has 0 aliphatic carbocycles. The van der Waals surface area contributed by atoms with E-state index >= 15 is 0 Å². The van der Waals surface area contributed by atoms with Crippen molar-refractivity contribution in [1.82, 2.24) is 10.2 Å². The lowest BCUT2D eigenvalue weighted by Crippen LogP contribution is -2.50. The fourth-order valence-corrected chi connectivity index (χ4v) is 2.08. The standard InChI is InChI=1S/C12H24N2O/c1-4-10(3)13-11-7-6-8-14(9-11)12(15)5-2/h10-11,13H,4-9H2,1-3H3/t10-,11?/m0/s1. The average Bonchev–Trinajstić information content (AvgIpc) is 2.28. The number of carbonyl (C=O) groups excluding carboxylic acids is 1. The quantitative estimate of drug-likeness (QED) is 0.770. The molecule has 1 heterocycles. The highest BCUT2D eigenvalue weighted by molar-refractivity contribution is 5.75. The van der Waals surface area contributed by atoms with E-state index in [-0.39, 0.29) is 0 Å². The highest BCUT2D eigenvalue weighted by Crippen LogP contribution is 2.12. The number of piperidine rings is 1. The second-order valence-electron chi connectivity index (χ2n) is 4.51. The first-order valence-corrected chi connectivity index (χ1v) is 6.21. The Morgan fingerprint density at radius 2 is 2.27 bits per heavy atom. The fourth-order valence-electron chi connectivity index (χ4n) is 2.08. The zero-order chi connectivity index (χ0) is 11.3. The Morgan fingerprint density at radius 3 is 2.87 bits per heavy atom. The monoisotopic (exact) mass is 212 g/mol. The summed E-state index contributed by atoms with van der Waals surface area (Å²) in [5.74, 6) is 0.297. The lowest BCUT2D eigenvalue weighted by molar-refractivity contribution is -0.132. The second kappa shape index (κ2) is 6.11. The molecule has 1 amide bonds. The van der Waals surface area contributed by atoms with E-state index in [1.807, 2.05) is 11.8 Å². The number of amides is 1. The summed E-state index contributed by atoms with van der Waals surface area (Å²) in [6.07, 6.45) is 4.13. The van der Waals surface area contributed by atoms with Crippen LogP contribution in [0, 0.1) is 0 Å². The molecule has 1 aliphatic rings. The molecule has 0 aromatic rings. The molecule has 1 N–H and O–H groups in total. The molecule has 1 unspecified atom stereocenters. The van der Waals surface area contributed by atoms with Gasteiger partial charge in [-0.1, -0.05) is 13.8 Å². The van der Waals surface area contributed by atoms with E-state index in [4.69, 9.17) is 0 Å². The maximum atomic E-state index is 11.6. The van der Waals surface area contributed by atoms with Crippen molar-refractivity contribution >= 4 is 5.91 Å². The van der Waals surface area contributed by atoms with Crippen molar-refractivity contribution in [2.24, 2.45) is 0 Å². The van der Waals surface area contributed by atoms with Crippen LogP contribution < -0.4 is 5.32 Å². The zero-order valence-electron chi connectivity index (χ0n) is 10.3. The molecule has 3 nitrogen and oxygen atoms in total. The third-order valence-corrected chi connectivity index (χ3v) is 3.21. The Labute approximate surface area is 93.2 Å². The predicted octanol–water partition coefficient (Wildman–Crippen LogP) is 1.78. The molecule has 0 saturated carbocycles. The van der Waals surface area contributed by atoms with Gasteiger partial charge in [-0.25, -0.2) is 0 Å². The Kier molecular flexibility index (Phi) is 5.09. The molecule has 1 aliphatic heterocycles. The highest BCUT2D eigenvalue weighted by Gasteiger charge is 2.22. The van der Waals surface area contributed by atoms with Crippen molar-refractivity contribution in [1.29, 1.82) is 0 Å². The number of rotatable bonds is 4. The fraction of sp³-hybridized carbons (Fsp3) is 0.917. The van der Waals surface area contributed by atoms with E-state index in [9.17, 15) is 4.79 Å². The van der Waals surface area contributed by atoms with Crippen LogP contribution in [0.1, 0.15) is 46.5 Å². The van der Waals surface area contributed by atoms with Crippen molar-refractivity contribution in [3.8, 4) is 0 Å². The number of hydrogen-bond donors (Lipinski definition) is 1. The van der Waals surface area contributed by atoms with Gasteiger partial charge in [0.2, 0.25) is 5.91 Å². The lowest BCUT2D eigenvalue weighted by atomic mass is 10.0. The molecule has 88 valence electrons. The van der Waals surface area contributed by atoms with Gasteiger partial charge in [0.05, 0.1) is 0 Å². The third kappa shape index (κ3) is 3.82. The SMILES string of the molecule is CCC(=O)N1CCCC(N[C@@H](C)CC)C1. The summed E-state index contributed by atoms with van der Waals surface area (Å²) in [4.78, 5) is 13.6. The van der Waals surface area contributed by atoms with E-state index in [0.29, 0.717) is 24.4 Å². The Morgan fingerprint density at radius 1 is 1.53 bits per heavy atom. The Hall–Kier alpha value is -0.570. The highest BCUT2D eigenvalue weighted by atomic mass is 16.2. The van der Waals surface area contributed by atoms with Gasteiger partial charge in [0, 0.05) is 31.6 Å². The summed E-state index contributed by atoms with van der Waals surface area (Å²) >= 11 is 0. The van der Waals surface area contributed by atoms with Gasteiger partial charge in [0.25, 0.3) is 0 Å². The summed E-state index contributed by atoms with van der Waals surface area (Å²) in [7, 11) is 0. The average molecular weight is 212 g/mol. The Bertz CT molecular complexity index is 206. The third-order valence-electron chi connectivity index (χ3n) is 3.21. The van der Waals surface area contributed by atoms with Crippen LogP contribution in [0.15, 0.2) is 0 Å². The van der Waals surface area contributed by atoms with E-state index in [2.05, 4.69) is 19.2 Å². The minimum atomic E-state index is 0.297. The van der Waals surface area contributed by atoms with E-state index in [1.54, 1.807) is 0 Å². The van der Waals surface area contributed by atoms with Gasteiger partial charge in [0.1, 0.15) is 0 Å². The van der Waals surface area contributed by atoms with Gasteiger partial charge in [0.15, 0.2) is 0 Å². The summed E-state index contributed by atoms with van der Waals surface area (Å²) < 4.78 is 0. The molecule has 0 bridgehead atoms. The van der Waals surface area contributed by atoms with Gasteiger partial charge in [-0.15, -0.1) is 0 Å². The van der Waals surface area contributed by atoms with Crippen LogP contribution in [-0.2, 0) is 4.79 Å². The van der Waals surface area contributed by atoms with Crippen molar-refractivity contribution < 1.29 is 4.79 Å². The van der Waals surface area contributed by atoms with Crippen molar-refractivity contribution in [2.75, 3.05) is 13.1 Å². The van der Waals surface area contributed by atoms with Crippen molar-refractivity contribution in [2.45, 2.75) is 58.5 Å². The van der Waals surface area contributed by atoms with Gasteiger partial charge >= 0.3 is 0 Å². The minimum absolute atomic E-state index is 0.297. The summed E-state index contributed by atoms with van der Waals surface area (Å²) in [5.41, 5.74) is 0. The first-order valence-electron chi connectivity index (χ1n) is 6.21. The number of likely N-dealkylation sites (tertiary alicyclic amines) is 1. The molecule has 2 atom stereocenters. The zero-order valence-corrected chi connectivity index (χ0v) is 10.3. The van der Waals surface area contributed by atoms with Gasteiger partial charge in [-0.05, 0) is 26.2 Å². The largest absolute Gasteiger partial charge is 0.341 e. The number of nitrogens with one attached hydrogen (secondary N) is 1. The molecule has 3 heteroatoms. The van der Waals surface area contributed by atoms with E-state index in [1.165, 1.54) is 6.42 Å². The van der Waals surface area contributed by atoms with Gasteiger partial charge in [-0.2, -0.15) is 0 Å². The Balaban J connectivity index is 2.38. The number of hydrogen-bond acceptors (Lipinski definition) is 2. The molecule has 0 aromatic heterocycles. The van der Waals surface area contributed by atoms with Crippen molar-refractivity contribution in [3.63, 3.8) is 0 Å². The van der Waals surface area contributed by atoms with E-state index < -0.39 is 0 Å². The minimum Gasteiger partial charge on any atom is -0.341 e. The maximum Gasteiger partial charge on any atom is 0.222 e. The van der Waals surface area contributed by atoms with Crippen molar-refractivity contribution in [3.05, 3.63) is 0 Å². The second-order valence-corrected chi connectivity index (χ2v) is 4.51. The molecular formula is C12H24N2O. The molecule has 0 aromatic carbocycles. The molecule has 1 saturated heterocycles. The molecule has 1 fully saturated rings. The van der Waals surface area contributed by atoms with Gasteiger partial charge in [-0.3, -0.25) is 4.79 Å². The maximum absolute atomic E-state index is 11.6.